The zero-order chi connectivity index (χ0) is 18.5. The quantitative estimate of drug-likeness (QED) is 0.747. The molecule has 3 aromatic rings. The number of anilines is 3. The number of hydrogen-bond donors (Lipinski definition) is 1. The van der Waals surface area contributed by atoms with Crippen LogP contribution in [-0.2, 0) is 0 Å². The van der Waals surface area contributed by atoms with Crippen LogP contribution in [0.15, 0.2) is 60.7 Å². The predicted molar refractivity (Wildman–Crippen MR) is 95.5 cm³/mol. The van der Waals surface area contributed by atoms with E-state index in [0.29, 0.717) is 6.54 Å². The van der Waals surface area contributed by atoms with Crippen molar-refractivity contribution in [2.75, 3.05) is 16.8 Å². The molecule has 0 spiro atoms. The minimum absolute atomic E-state index is 0.133. The van der Waals surface area contributed by atoms with Crippen LogP contribution in [0.25, 0.3) is 0 Å². The second kappa shape index (κ2) is 7.69. The minimum atomic E-state index is -0.742. The number of nitrogens with one attached hydrogen (secondary N) is 1. The molecule has 26 heavy (non-hydrogen) atoms. The molecule has 1 N–H and O–H groups in total. The molecule has 0 aliphatic carbocycles. The number of carbonyl (C=O) groups excluding carboxylic acids is 1. The Bertz CT molecular complexity index is 881. The summed E-state index contributed by atoms with van der Waals surface area (Å²) in [6.45, 7) is 2.32. The molecule has 0 aliphatic heterocycles. The van der Waals surface area contributed by atoms with Gasteiger partial charge in [0.15, 0.2) is 11.5 Å². The van der Waals surface area contributed by atoms with Crippen molar-refractivity contribution < 1.29 is 13.6 Å². The van der Waals surface area contributed by atoms with Crippen molar-refractivity contribution in [1.29, 1.82) is 0 Å². The lowest BCUT2D eigenvalue weighted by Gasteiger charge is -2.20. The van der Waals surface area contributed by atoms with E-state index in [0.717, 1.165) is 17.8 Å². The molecule has 2 aromatic carbocycles. The largest absolute Gasteiger partial charge is 0.334 e. The fourth-order valence-electron chi connectivity index (χ4n) is 2.45. The molecule has 1 amide bonds. The van der Waals surface area contributed by atoms with E-state index in [9.17, 15) is 13.6 Å². The van der Waals surface area contributed by atoms with Crippen molar-refractivity contribution in [2.45, 2.75) is 6.92 Å². The monoisotopic (exact) mass is 354 g/mol. The lowest BCUT2D eigenvalue weighted by molar-refractivity contribution is 0.0982. The maximum absolute atomic E-state index is 13.7. The summed E-state index contributed by atoms with van der Waals surface area (Å²) in [5, 5.41) is 10.3. The van der Waals surface area contributed by atoms with Gasteiger partial charge in [0.2, 0.25) is 0 Å². The average Bonchev–Trinajstić information content (AvgIpc) is 2.67. The molecule has 0 bridgehead atoms. The number of hydrogen-bond acceptors (Lipinski definition) is 4. The third kappa shape index (κ3) is 3.66. The van der Waals surface area contributed by atoms with Gasteiger partial charge < -0.3 is 10.2 Å². The number of nitrogens with zero attached hydrogens (tertiary/aromatic N) is 3. The molecule has 0 saturated heterocycles. The van der Waals surface area contributed by atoms with E-state index in [1.807, 2.05) is 37.3 Å². The summed E-state index contributed by atoms with van der Waals surface area (Å²) >= 11 is 0. The van der Waals surface area contributed by atoms with Gasteiger partial charge in [0.25, 0.3) is 5.91 Å². The van der Waals surface area contributed by atoms with Gasteiger partial charge in [-0.2, -0.15) is 0 Å². The van der Waals surface area contributed by atoms with Gasteiger partial charge >= 0.3 is 0 Å². The Labute approximate surface area is 149 Å². The number of aromatic nitrogens is 2. The van der Waals surface area contributed by atoms with Crippen molar-refractivity contribution >= 4 is 23.1 Å². The van der Waals surface area contributed by atoms with Crippen LogP contribution in [0.3, 0.4) is 0 Å². The van der Waals surface area contributed by atoms with Crippen LogP contribution < -0.4 is 10.2 Å². The molecule has 1 heterocycles. The molecule has 3 rings (SSSR count). The summed E-state index contributed by atoms with van der Waals surface area (Å²) in [6, 6.07) is 15.6. The molecule has 5 nitrogen and oxygen atoms in total. The fourth-order valence-corrected chi connectivity index (χ4v) is 2.45. The number of carbonyl (C=O) groups is 1. The van der Waals surface area contributed by atoms with Crippen LogP contribution in [0.1, 0.15) is 17.4 Å². The van der Waals surface area contributed by atoms with Gasteiger partial charge in [0, 0.05) is 12.2 Å². The number of benzene rings is 2. The van der Waals surface area contributed by atoms with Crippen LogP contribution in [0.5, 0.6) is 0 Å². The standard InChI is InChI=1S/C19H16F2N4O/c1-2-25(13-7-4-3-5-8-13)19(26)16-11-12-17(24-23-16)22-18-14(20)9-6-10-15(18)21/h3-12H,2H2,1H3,(H,22,24). The van der Waals surface area contributed by atoms with E-state index in [1.54, 1.807) is 4.90 Å². The first kappa shape index (κ1) is 17.5. The van der Waals surface area contributed by atoms with E-state index >= 15 is 0 Å². The summed E-state index contributed by atoms with van der Waals surface area (Å²) in [7, 11) is 0. The van der Waals surface area contributed by atoms with Crippen LogP contribution in [0.4, 0.5) is 26.0 Å². The lowest BCUT2D eigenvalue weighted by atomic mass is 10.2. The zero-order valence-electron chi connectivity index (χ0n) is 14.0. The molecule has 0 radical (unpaired) electrons. The van der Waals surface area contributed by atoms with Gasteiger partial charge in [-0.1, -0.05) is 24.3 Å². The predicted octanol–water partition coefficient (Wildman–Crippen LogP) is 4.17. The molecule has 132 valence electrons. The molecule has 7 heteroatoms. The van der Waals surface area contributed by atoms with Crippen LogP contribution in [0.2, 0.25) is 0 Å². The Morgan fingerprint density at radius 2 is 1.65 bits per heavy atom. The smallest absolute Gasteiger partial charge is 0.278 e. The highest BCUT2D eigenvalue weighted by Crippen LogP contribution is 2.22. The Kier molecular flexibility index (Phi) is 5.17. The SMILES string of the molecule is CCN(C(=O)c1ccc(Nc2c(F)cccc2F)nn1)c1ccccc1. The summed E-state index contributed by atoms with van der Waals surface area (Å²) in [4.78, 5) is 14.2. The molecule has 1 aromatic heterocycles. The second-order valence-corrected chi connectivity index (χ2v) is 5.41. The van der Waals surface area contributed by atoms with Crippen molar-refractivity contribution in [1.82, 2.24) is 10.2 Å². The Hall–Kier alpha value is -3.35. The van der Waals surface area contributed by atoms with Gasteiger partial charge in [-0.15, -0.1) is 10.2 Å². The van der Waals surface area contributed by atoms with Crippen LogP contribution >= 0.6 is 0 Å². The Balaban J connectivity index is 1.80. The van der Waals surface area contributed by atoms with Gasteiger partial charge in [-0.05, 0) is 43.3 Å². The molecular formula is C19H16F2N4O. The molecule has 0 saturated carbocycles. The average molecular weight is 354 g/mol. The van der Waals surface area contributed by atoms with Gasteiger partial charge in [0.05, 0.1) is 0 Å². The van der Waals surface area contributed by atoms with E-state index < -0.39 is 11.6 Å². The Morgan fingerprint density at radius 3 is 2.23 bits per heavy atom. The topological polar surface area (TPSA) is 58.1 Å². The van der Waals surface area contributed by atoms with Gasteiger partial charge in [-0.25, -0.2) is 8.78 Å². The van der Waals surface area contributed by atoms with E-state index in [1.165, 1.54) is 18.2 Å². The number of para-hydroxylation sites is 2. The Morgan fingerprint density at radius 1 is 0.962 bits per heavy atom. The van der Waals surface area contributed by atoms with Crippen molar-refractivity contribution in [3.8, 4) is 0 Å². The summed E-state index contributed by atoms with van der Waals surface area (Å²) < 4.78 is 27.3. The number of rotatable bonds is 5. The van der Waals surface area contributed by atoms with Crippen molar-refractivity contribution in [2.24, 2.45) is 0 Å². The van der Waals surface area contributed by atoms with E-state index in [-0.39, 0.29) is 23.1 Å². The van der Waals surface area contributed by atoms with Gasteiger partial charge in [0.1, 0.15) is 17.3 Å². The summed E-state index contributed by atoms with van der Waals surface area (Å²) in [5.41, 5.74) is 0.563. The summed E-state index contributed by atoms with van der Waals surface area (Å²) in [5.74, 6) is -1.66. The molecule has 0 aliphatic rings. The fraction of sp³-hybridized carbons (Fsp3) is 0.105. The zero-order valence-corrected chi connectivity index (χ0v) is 14.0. The molecule has 0 fully saturated rings. The first-order chi connectivity index (χ1) is 12.6. The van der Waals surface area contributed by atoms with Crippen molar-refractivity contribution in [3.05, 3.63) is 78.0 Å². The van der Waals surface area contributed by atoms with Crippen LogP contribution in [-0.4, -0.2) is 22.6 Å². The van der Waals surface area contributed by atoms with Crippen molar-refractivity contribution in [3.63, 3.8) is 0 Å². The first-order valence-corrected chi connectivity index (χ1v) is 8.02. The number of amides is 1. The minimum Gasteiger partial charge on any atom is -0.334 e. The van der Waals surface area contributed by atoms with Crippen LogP contribution in [0, 0.1) is 11.6 Å². The first-order valence-electron chi connectivity index (χ1n) is 8.02. The molecular weight excluding hydrogens is 338 g/mol. The number of halogens is 2. The maximum Gasteiger partial charge on any atom is 0.278 e. The maximum atomic E-state index is 13.7. The molecule has 0 unspecified atom stereocenters. The normalized spacial score (nSPS) is 10.4. The highest BCUT2D eigenvalue weighted by Gasteiger charge is 2.18. The van der Waals surface area contributed by atoms with E-state index in [4.69, 9.17) is 0 Å². The second-order valence-electron chi connectivity index (χ2n) is 5.41. The lowest BCUT2D eigenvalue weighted by Crippen LogP contribution is -2.31. The summed E-state index contributed by atoms with van der Waals surface area (Å²) in [6.07, 6.45) is 0. The third-order valence-electron chi connectivity index (χ3n) is 3.73. The van der Waals surface area contributed by atoms with E-state index in [2.05, 4.69) is 15.5 Å². The third-order valence-corrected chi connectivity index (χ3v) is 3.73. The molecule has 0 atom stereocenters. The highest BCUT2D eigenvalue weighted by atomic mass is 19.1. The highest BCUT2D eigenvalue weighted by molar-refractivity contribution is 6.04. The van der Waals surface area contributed by atoms with Gasteiger partial charge in [-0.3, -0.25) is 4.79 Å².